The Balaban J connectivity index is 2.37. The first kappa shape index (κ1) is 11.7. The lowest BCUT2D eigenvalue weighted by Gasteiger charge is -2.16. The first-order valence-corrected chi connectivity index (χ1v) is 5.73. The van der Waals surface area contributed by atoms with Crippen LogP contribution in [0.15, 0.2) is 42.7 Å². The average Bonchev–Trinajstić information content (AvgIpc) is 2.35. The largest absolute Gasteiger partial charge is 0.313 e. The van der Waals surface area contributed by atoms with Crippen molar-refractivity contribution in [3.05, 3.63) is 48.3 Å². The van der Waals surface area contributed by atoms with Crippen LogP contribution in [0.2, 0.25) is 0 Å². The summed E-state index contributed by atoms with van der Waals surface area (Å²) in [4.78, 5) is 8.59. The van der Waals surface area contributed by atoms with E-state index in [9.17, 15) is 0 Å². The number of nitrogens with zero attached hydrogens (tertiary/aromatic N) is 2. The van der Waals surface area contributed by atoms with Crippen molar-refractivity contribution in [2.45, 2.75) is 19.4 Å². The van der Waals surface area contributed by atoms with Gasteiger partial charge in [-0.25, -0.2) is 0 Å². The Morgan fingerprint density at radius 1 is 1.29 bits per heavy atom. The molecule has 0 aliphatic rings. The molecular formula is C14H17N3. The van der Waals surface area contributed by atoms with E-state index in [0.717, 1.165) is 17.5 Å². The van der Waals surface area contributed by atoms with E-state index in [4.69, 9.17) is 0 Å². The Hall–Kier alpha value is -1.74. The fraction of sp³-hybridized carbons (Fsp3) is 0.286. The van der Waals surface area contributed by atoms with Gasteiger partial charge < -0.3 is 5.32 Å². The summed E-state index contributed by atoms with van der Waals surface area (Å²) in [6.07, 6.45) is 4.37. The lowest BCUT2D eigenvalue weighted by atomic mass is 10.00. The van der Waals surface area contributed by atoms with Crippen LogP contribution in [0.1, 0.15) is 24.9 Å². The lowest BCUT2D eigenvalue weighted by Crippen LogP contribution is -2.16. The Morgan fingerprint density at radius 2 is 2.00 bits per heavy atom. The summed E-state index contributed by atoms with van der Waals surface area (Å²) in [5.74, 6) is 0. The molecule has 2 rings (SSSR count). The molecule has 0 fully saturated rings. The fourth-order valence-electron chi connectivity index (χ4n) is 1.93. The Kier molecular flexibility index (Phi) is 3.49. The van der Waals surface area contributed by atoms with E-state index in [1.165, 1.54) is 11.1 Å². The van der Waals surface area contributed by atoms with Crippen molar-refractivity contribution in [3.63, 3.8) is 0 Å². The summed E-state index contributed by atoms with van der Waals surface area (Å²) in [6, 6.07) is 6.49. The molecule has 0 aliphatic heterocycles. The van der Waals surface area contributed by atoms with Crippen LogP contribution < -0.4 is 5.32 Å². The summed E-state index contributed by atoms with van der Waals surface area (Å²) < 4.78 is 0. The van der Waals surface area contributed by atoms with E-state index in [1.54, 1.807) is 12.4 Å². The summed E-state index contributed by atoms with van der Waals surface area (Å²) in [5.41, 5.74) is 4.26. The van der Waals surface area contributed by atoms with Crippen LogP contribution in [0.3, 0.4) is 0 Å². The molecule has 3 heteroatoms. The van der Waals surface area contributed by atoms with Gasteiger partial charge in [-0.05, 0) is 38.1 Å². The van der Waals surface area contributed by atoms with Gasteiger partial charge in [0.05, 0.1) is 11.0 Å². The monoisotopic (exact) mass is 227 g/mol. The van der Waals surface area contributed by atoms with Gasteiger partial charge in [-0.3, -0.25) is 9.97 Å². The third-order valence-corrected chi connectivity index (χ3v) is 2.80. The van der Waals surface area contributed by atoms with Crippen LogP contribution in [-0.4, -0.2) is 17.0 Å². The van der Waals surface area contributed by atoms with Crippen LogP contribution in [0.5, 0.6) is 0 Å². The normalized spacial score (nSPS) is 12.6. The molecule has 0 saturated carbocycles. The zero-order chi connectivity index (χ0) is 12.3. The fourth-order valence-corrected chi connectivity index (χ4v) is 1.93. The van der Waals surface area contributed by atoms with Crippen molar-refractivity contribution >= 4 is 11.0 Å². The summed E-state index contributed by atoms with van der Waals surface area (Å²) >= 11 is 0. The van der Waals surface area contributed by atoms with Gasteiger partial charge in [0.1, 0.15) is 0 Å². The van der Waals surface area contributed by atoms with Crippen molar-refractivity contribution in [2.24, 2.45) is 0 Å². The topological polar surface area (TPSA) is 37.8 Å². The third kappa shape index (κ3) is 2.68. The Bertz CT molecular complexity index is 534. The lowest BCUT2D eigenvalue weighted by molar-refractivity contribution is 0.590. The molecule has 1 atom stereocenters. The second-order valence-electron chi connectivity index (χ2n) is 4.31. The zero-order valence-electron chi connectivity index (χ0n) is 10.3. The number of benzene rings is 1. The van der Waals surface area contributed by atoms with Crippen molar-refractivity contribution in [2.75, 3.05) is 7.05 Å². The molecule has 0 radical (unpaired) electrons. The molecule has 1 aromatic carbocycles. The molecule has 1 aromatic heterocycles. The molecular weight excluding hydrogens is 210 g/mol. The maximum atomic E-state index is 4.33. The molecule has 0 aliphatic carbocycles. The highest BCUT2D eigenvalue weighted by Crippen LogP contribution is 2.22. The predicted octanol–water partition coefficient (Wildman–Crippen LogP) is 2.86. The molecule has 17 heavy (non-hydrogen) atoms. The molecule has 1 unspecified atom stereocenters. The SMILES string of the molecule is C=C(C)CC(NC)c1ccc2nccnc2c1. The number of nitrogens with one attached hydrogen (secondary N) is 1. The highest BCUT2D eigenvalue weighted by atomic mass is 14.9. The van der Waals surface area contributed by atoms with Gasteiger partial charge in [-0.2, -0.15) is 0 Å². The highest BCUT2D eigenvalue weighted by molar-refractivity contribution is 5.74. The van der Waals surface area contributed by atoms with E-state index in [1.807, 2.05) is 20.0 Å². The van der Waals surface area contributed by atoms with E-state index < -0.39 is 0 Å². The molecule has 1 heterocycles. The minimum Gasteiger partial charge on any atom is -0.313 e. The quantitative estimate of drug-likeness (QED) is 0.816. The predicted molar refractivity (Wildman–Crippen MR) is 70.8 cm³/mol. The molecule has 2 aromatic rings. The van der Waals surface area contributed by atoms with Crippen LogP contribution in [0.25, 0.3) is 11.0 Å². The number of rotatable bonds is 4. The second kappa shape index (κ2) is 5.06. The van der Waals surface area contributed by atoms with Crippen LogP contribution in [-0.2, 0) is 0 Å². The van der Waals surface area contributed by atoms with E-state index in [0.29, 0.717) is 6.04 Å². The first-order chi connectivity index (χ1) is 8.20. The van der Waals surface area contributed by atoms with Crippen molar-refractivity contribution in [1.29, 1.82) is 0 Å². The Morgan fingerprint density at radius 3 is 2.65 bits per heavy atom. The van der Waals surface area contributed by atoms with Crippen molar-refractivity contribution < 1.29 is 0 Å². The van der Waals surface area contributed by atoms with Gasteiger partial charge in [0.2, 0.25) is 0 Å². The second-order valence-corrected chi connectivity index (χ2v) is 4.31. The molecule has 0 bridgehead atoms. The first-order valence-electron chi connectivity index (χ1n) is 5.73. The van der Waals surface area contributed by atoms with Crippen molar-refractivity contribution in [1.82, 2.24) is 15.3 Å². The van der Waals surface area contributed by atoms with Gasteiger partial charge in [-0.1, -0.05) is 11.6 Å². The third-order valence-electron chi connectivity index (χ3n) is 2.80. The molecule has 0 amide bonds. The number of hydrogen-bond donors (Lipinski definition) is 1. The number of hydrogen-bond acceptors (Lipinski definition) is 3. The molecule has 0 saturated heterocycles. The van der Waals surface area contributed by atoms with Crippen LogP contribution in [0.4, 0.5) is 0 Å². The zero-order valence-corrected chi connectivity index (χ0v) is 10.3. The molecule has 1 N–H and O–H groups in total. The Labute approximate surface area is 102 Å². The highest BCUT2D eigenvalue weighted by Gasteiger charge is 2.10. The van der Waals surface area contributed by atoms with E-state index >= 15 is 0 Å². The minimum atomic E-state index is 0.291. The van der Waals surface area contributed by atoms with Gasteiger partial charge >= 0.3 is 0 Å². The van der Waals surface area contributed by atoms with Gasteiger partial charge in [0.25, 0.3) is 0 Å². The summed E-state index contributed by atoms with van der Waals surface area (Å²) in [5, 5.41) is 3.31. The molecule has 3 nitrogen and oxygen atoms in total. The summed E-state index contributed by atoms with van der Waals surface area (Å²) in [6.45, 7) is 6.01. The van der Waals surface area contributed by atoms with Gasteiger partial charge in [-0.15, -0.1) is 6.58 Å². The summed E-state index contributed by atoms with van der Waals surface area (Å²) in [7, 11) is 1.97. The minimum absolute atomic E-state index is 0.291. The maximum absolute atomic E-state index is 4.33. The van der Waals surface area contributed by atoms with Crippen LogP contribution in [0, 0.1) is 0 Å². The number of fused-ring (bicyclic) bond motifs is 1. The van der Waals surface area contributed by atoms with E-state index in [-0.39, 0.29) is 0 Å². The van der Waals surface area contributed by atoms with Crippen LogP contribution >= 0.6 is 0 Å². The smallest absolute Gasteiger partial charge is 0.0890 e. The van der Waals surface area contributed by atoms with Gasteiger partial charge in [0, 0.05) is 18.4 Å². The van der Waals surface area contributed by atoms with E-state index in [2.05, 4.69) is 34.0 Å². The standard InChI is InChI=1S/C14H17N3/c1-10(2)8-13(15-3)11-4-5-12-14(9-11)17-7-6-16-12/h4-7,9,13,15H,1,8H2,2-3H3. The molecule has 0 spiro atoms. The number of aromatic nitrogens is 2. The molecule has 88 valence electrons. The average molecular weight is 227 g/mol. The maximum Gasteiger partial charge on any atom is 0.0890 e. The van der Waals surface area contributed by atoms with Crippen molar-refractivity contribution in [3.8, 4) is 0 Å². The van der Waals surface area contributed by atoms with Gasteiger partial charge in [0.15, 0.2) is 0 Å².